The standard InChI is InChI=1S/C21H27NO5/c1-5-25-19(23)21(4,20(24)26-6-2)15-16(3)17-9-11-18(12-10-17)27-14-8-7-13-22/h9-12H,3,5-8,14-15H2,1-2,4H3. The van der Waals surface area contributed by atoms with Crippen molar-refractivity contribution in [2.24, 2.45) is 5.41 Å². The summed E-state index contributed by atoms with van der Waals surface area (Å²) in [5.74, 6) is -0.563. The Morgan fingerprint density at radius 1 is 1.11 bits per heavy atom. The van der Waals surface area contributed by atoms with Crippen LogP contribution in [0.1, 0.15) is 45.6 Å². The molecule has 6 nitrogen and oxygen atoms in total. The number of unbranched alkanes of at least 4 members (excludes halogenated alkanes) is 1. The molecule has 0 aliphatic rings. The number of esters is 2. The van der Waals surface area contributed by atoms with Gasteiger partial charge < -0.3 is 14.2 Å². The lowest BCUT2D eigenvalue weighted by atomic mass is 9.82. The zero-order chi connectivity index (χ0) is 20.3. The topological polar surface area (TPSA) is 85.6 Å². The van der Waals surface area contributed by atoms with Gasteiger partial charge in [-0.25, -0.2) is 0 Å². The number of allylic oxidation sites excluding steroid dienone is 1. The molecule has 0 aliphatic heterocycles. The molecule has 6 heteroatoms. The molecule has 0 heterocycles. The fourth-order valence-electron chi connectivity index (χ4n) is 2.47. The Labute approximate surface area is 160 Å². The molecule has 0 radical (unpaired) electrons. The number of hydrogen-bond donors (Lipinski definition) is 0. The van der Waals surface area contributed by atoms with Crippen LogP contribution in [0.25, 0.3) is 5.57 Å². The van der Waals surface area contributed by atoms with Gasteiger partial charge in [0.05, 0.1) is 25.9 Å². The molecule has 1 aromatic rings. The summed E-state index contributed by atoms with van der Waals surface area (Å²) in [6, 6.07) is 9.29. The van der Waals surface area contributed by atoms with E-state index in [1.54, 1.807) is 26.0 Å². The van der Waals surface area contributed by atoms with Gasteiger partial charge in [0.2, 0.25) is 0 Å². The summed E-state index contributed by atoms with van der Waals surface area (Å²) in [6.07, 6.45) is 1.21. The van der Waals surface area contributed by atoms with Gasteiger partial charge in [0.25, 0.3) is 0 Å². The maximum atomic E-state index is 12.4. The highest BCUT2D eigenvalue weighted by molar-refractivity contribution is 6.01. The lowest BCUT2D eigenvalue weighted by Crippen LogP contribution is -2.39. The highest BCUT2D eigenvalue weighted by Crippen LogP contribution is 2.33. The van der Waals surface area contributed by atoms with E-state index in [-0.39, 0.29) is 19.6 Å². The second-order valence-corrected chi connectivity index (χ2v) is 6.19. The molecule has 146 valence electrons. The maximum Gasteiger partial charge on any atom is 0.323 e. The molecule has 0 saturated heterocycles. The van der Waals surface area contributed by atoms with Gasteiger partial charge in [-0.2, -0.15) is 5.26 Å². The van der Waals surface area contributed by atoms with Crippen molar-refractivity contribution in [1.82, 2.24) is 0 Å². The van der Waals surface area contributed by atoms with Crippen molar-refractivity contribution in [2.45, 2.75) is 40.0 Å². The summed E-state index contributed by atoms with van der Waals surface area (Å²) < 4.78 is 15.7. The highest BCUT2D eigenvalue weighted by atomic mass is 16.6. The minimum atomic E-state index is -1.45. The number of nitrogens with zero attached hydrogens (tertiary/aromatic N) is 1. The molecule has 0 amide bonds. The number of ether oxygens (including phenoxy) is 3. The molecule has 0 aliphatic carbocycles. The fourth-order valence-corrected chi connectivity index (χ4v) is 2.47. The van der Waals surface area contributed by atoms with Crippen molar-refractivity contribution >= 4 is 17.5 Å². The minimum absolute atomic E-state index is 0.0903. The molecule has 27 heavy (non-hydrogen) atoms. The molecule has 0 saturated carbocycles. The van der Waals surface area contributed by atoms with Crippen LogP contribution in [-0.2, 0) is 19.1 Å². The van der Waals surface area contributed by atoms with Gasteiger partial charge in [-0.1, -0.05) is 18.7 Å². The van der Waals surface area contributed by atoms with Crippen molar-refractivity contribution in [3.8, 4) is 11.8 Å². The van der Waals surface area contributed by atoms with E-state index in [9.17, 15) is 9.59 Å². The van der Waals surface area contributed by atoms with Gasteiger partial charge in [-0.3, -0.25) is 9.59 Å². The Hall–Kier alpha value is -2.81. The molecular weight excluding hydrogens is 346 g/mol. The van der Waals surface area contributed by atoms with E-state index >= 15 is 0 Å². The van der Waals surface area contributed by atoms with E-state index in [4.69, 9.17) is 19.5 Å². The quantitative estimate of drug-likeness (QED) is 0.332. The number of carbonyl (C=O) groups is 2. The predicted molar refractivity (Wildman–Crippen MR) is 102 cm³/mol. The number of carbonyl (C=O) groups excluding carboxylic acids is 2. The van der Waals surface area contributed by atoms with E-state index in [1.165, 1.54) is 6.92 Å². The van der Waals surface area contributed by atoms with E-state index in [0.717, 1.165) is 5.56 Å². The Bertz CT molecular complexity index is 670. The Morgan fingerprint density at radius 2 is 1.67 bits per heavy atom. The van der Waals surface area contributed by atoms with Crippen LogP contribution in [-0.4, -0.2) is 31.8 Å². The van der Waals surface area contributed by atoms with Crippen LogP contribution in [0, 0.1) is 16.7 Å². The lowest BCUT2D eigenvalue weighted by Gasteiger charge is -2.26. The summed E-state index contributed by atoms with van der Waals surface area (Å²) >= 11 is 0. The molecule has 1 rings (SSSR count). The molecule has 1 aromatic carbocycles. The van der Waals surface area contributed by atoms with Crippen LogP contribution in [0.5, 0.6) is 5.75 Å². The first-order chi connectivity index (χ1) is 12.9. The molecule has 0 fully saturated rings. The normalized spacial score (nSPS) is 10.6. The van der Waals surface area contributed by atoms with Gasteiger partial charge in [0, 0.05) is 6.42 Å². The van der Waals surface area contributed by atoms with Crippen molar-refractivity contribution in [2.75, 3.05) is 19.8 Å². The van der Waals surface area contributed by atoms with Crippen LogP contribution < -0.4 is 4.74 Å². The monoisotopic (exact) mass is 373 g/mol. The van der Waals surface area contributed by atoms with Crippen molar-refractivity contribution in [3.63, 3.8) is 0 Å². The van der Waals surface area contributed by atoms with Gasteiger partial charge >= 0.3 is 11.9 Å². The van der Waals surface area contributed by atoms with Crippen LogP contribution in [0.2, 0.25) is 0 Å². The first-order valence-corrected chi connectivity index (χ1v) is 9.01. The predicted octanol–water partition coefficient (Wildman–Crippen LogP) is 3.90. The number of rotatable bonds is 11. The van der Waals surface area contributed by atoms with Crippen LogP contribution in [0.15, 0.2) is 30.8 Å². The van der Waals surface area contributed by atoms with Gasteiger partial charge in [0.15, 0.2) is 5.41 Å². The summed E-state index contributed by atoms with van der Waals surface area (Å²) in [5.41, 5.74) is -0.0379. The SMILES string of the molecule is C=C(CC(C)(C(=O)OCC)C(=O)OCC)c1ccc(OCCCC#N)cc1. The smallest absolute Gasteiger partial charge is 0.323 e. The number of nitriles is 1. The van der Waals surface area contributed by atoms with Gasteiger partial charge in [-0.05, 0) is 56.9 Å². The largest absolute Gasteiger partial charge is 0.494 e. The van der Waals surface area contributed by atoms with Crippen molar-refractivity contribution in [1.29, 1.82) is 5.26 Å². The molecule has 0 atom stereocenters. The van der Waals surface area contributed by atoms with Crippen molar-refractivity contribution < 1.29 is 23.8 Å². The molecule has 0 aromatic heterocycles. The fraction of sp³-hybridized carbons (Fsp3) is 0.476. The zero-order valence-electron chi connectivity index (χ0n) is 16.2. The zero-order valence-corrected chi connectivity index (χ0v) is 16.2. The van der Waals surface area contributed by atoms with E-state index in [0.29, 0.717) is 30.8 Å². The highest BCUT2D eigenvalue weighted by Gasteiger charge is 2.44. The van der Waals surface area contributed by atoms with Crippen molar-refractivity contribution in [3.05, 3.63) is 36.4 Å². The van der Waals surface area contributed by atoms with Crippen LogP contribution in [0.3, 0.4) is 0 Å². The number of benzene rings is 1. The maximum absolute atomic E-state index is 12.4. The lowest BCUT2D eigenvalue weighted by molar-refractivity contribution is -0.170. The summed E-state index contributed by atoms with van der Waals surface area (Å²) in [6.45, 7) is 9.74. The summed E-state index contributed by atoms with van der Waals surface area (Å²) in [4.78, 5) is 24.7. The molecule has 0 N–H and O–H groups in total. The number of hydrogen-bond acceptors (Lipinski definition) is 6. The Morgan fingerprint density at radius 3 is 2.15 bits per heavy atom. The third kappa shape index (κ3) is 6.45. The average Bonchev–Trinajstić information content (AvgIpc) is 2.66. The molecule has 0 bridgehead atoms. The summed E-state index contributed by atoms with van der Waals surface area (Å²) in [7, 11) is 0. The Kier molecular flexibility index (Phi) is 9.07. The van der Waals surface area contributed by atoms with E-state index < -0.39 is 17.4 Å². The summed E-state index contributed by atoms with van der Waals surface area (Å²) in [5, 5.41) is 8.52. The van der Waals surface area contributed by atoms with Crippen LogP contribution in [0.4, 0.5) is 0 Å². The Balaban J connectivity index is 2.84. The van der Waals surface area contributed by atoms with E-state index in [1.807, 2.05) is 12.1 Å². The second kappa shape index (κ2) is 11.0. The first-order valence-electron chi connectivity index (χ1n) is 9.01. The van der Waals surface area contributed by atoms with Gasteiger partial charge in [-0.15, -0.1) is 0 Å². The van der Waals surface area contributed by atoms with Crippen LogP contribution >= 0.6 is 0 Å². The molecule has 0 spiro atoms. The third-order valence-electron chi connectivity index (χ3n) is 3.98. The third-order valence-corrected chi connectivity index (χ3v) is 3.98. The van der Waals surface area contributed by atoms with Gasteiger partial charge in [0.1, 0.15) is 5.75 Å². The second-order valence-electron chi connectivity index (χ2n) is 6.19. The van der Waals surface area contributed by atoms with E-state index in [2.05, 4.69) is 12.6 Å². The molecule has 0 unspecified atom stereocenters. The average molecular weight is 373 g/mol. The minimum Gasteiger partial charge on any atom is -0.494 e. The molecular formula is C21H27NO5. The first kappa shape index (κ1) is 22.2.